The van der Waals surface area contributed by atoms with Gasteiger partial charge < -0.3 is 19.5 Å². The van der Waals surface area contributed by atoms with Crippen LogP contribution in [-0.4, -0.2) is 30.9 Å². The Bertz CT molecular complexity index is 1390. The summed E-state index contributed by atoms with van der Waals surface area (Å²) in [6.07, 6.45) is 0. The third-order valence-electron chi connectivity index (χ3n) is 5.65. The molecule has 168 valence electrons. The molecule has 0 saturated carbocycles. The topological polar surface area (TPSA) is 118 Å². The number of fused-ring (bicyclic) bond motifs is 1. The highest BCUT2D eigenvalue weighted by molar-refractivity contribution is 5.87. The van der Waals surface area contributed by atoms with E-state index < -0.39 is 17.2 Å². The van der Waals surface area contributed by atoms with Crippen molar-refractivity contribution in [2.45, 2.75) is 5.92 Å². The van der Waals surface area contributed by atoms with Crippen molar-refractivity contribution in [1.29, 1.82) is 5.26 Å². The second-order valence-corrected chi connectivity index (χ2v) is 7.36. The molecule has 1 atom stereocenters. The predicted molar refractivity (Wildman–Crippen MR) is 123 cm³/mol. The molecule has 1 unspecified atom stereocenters. The standard InChI is InChI=1S/C24H22N4O5/c1-28-22-19(23(29)27-24(28)30)18(14-10-16(31-2)21(33-4)17(11-14)32-3)15(12-25)20(26-22)13-8-6-5-7-9-13/h5-11,18,26H,1-4H3,(H,27,29,30). The van der Waals surface area contributed by atoms with Crippen LogP contribution in [0.25, 0.3) is 5.70 Å². The van der Waals surface area contributed by atoms with Crippen LogP contribution in [0.15, 0.2) is 57.6 Å². The first-order valence-electron chi connectivity index (χ1n) is 10.0. The van der Waals surface area contributed by atoms with Gasteiger partial charge in [-0.15, -0.1) is 0 Å². The summed E-state index contributed by atoms with van der Waals surface area (Å²) in [4.78, 5) is 27.7. The van der Waals surface area contributed by atoms with Gasteiger partial charge in [-0.3, -0.25) is 14.3 Å². The fourth-order valence-electron chi connectivity index (χ4n) is 4.09. The van der Waals surface area contributed by atoms with Crippen LogP contribution in [0.1, 0.15) is 22.6 Å². The van der Waals surface area contributed by atoms with Crippen LogP contribution in [0.5, 0.6) is 17.2 Å². The average Bonchev–Trinajstić information content (AvgIpc) is 2.85. The van der Waals surface area contributed by atoms with Crippen LogP contribution in [0.4, 0.5) is 5.82 Å². The van der Waals surface area contributed by atoms with E-state index >= 15 is 0 Å². The highest BCUT2D eigenvalue weighted by Gasteiger charge is 2.35. The third-order valence-corrected chi connectivity index (χ3v) is 5.65. The fraction of sp³-hybridized carbons (Fsp3) is 0.208. The number of methoxy groups -OCH3 is 3. The number of allylic oxidation sites excluding steroid dienone is 1. The molecule has 0 radical (unpaired) electrons. The highest BCUT2D eigenvalue weighted by atomic mass is 16.5. The number of nitriles is 1. The number of aromatic nitrogens is 2. The van der Waals surface area contributed by atoms with Crippen molar-refractivity contribution in [2.24, 2.45) is 7.05 Å². The first-order chi connectivity index (χ1) is 15.9. The lowest BCUT2D eigenvalue weighted by atomic mass is 9.81. The molecule has 2 heterocycles. The number of nitrogens with zero attached hydrogens (tertiary/aromatic N) is 2. The van der Waals surface area contributed by atoms with Gasteiger partial charge in [0.2, 0.25) is 5.75 Å². The highest BCUT2D eigenvalue weighted by Crippen LogP contribution is 2.46. The number of ether oxygens (including phenoxy) is 3. The number of nitrogens with one attached hydrogen (secondary N) is 2. The Morgan fingerprint density at radius 1 is 1.00 bits per heavy atom. The molecule has 0 aliphatic carbocycles. The molecule has 2 N–H and O–H groups in total. The molecule has 0 amide bonds. The lowest BCUT2D eigenvalue weighted by Crippen LogP contribution is -2.37. The maximum absolute atomic E-state index is 13.0. The zero-order valence-corrected chi connectivity index (χ0v) is 18.6. The molecule has 9 heteroatoms. The molecule has 1 aromatic heterocycles. The molecule has 3 aromatic rings. The van der Waals surface area contributed by atoms with Gasteiger partial charge in [0.1, 0.15) is 5.82 Å². The van der Waals surface area contributed by atoms with E-state index in [1.54, 1.807) is 19.2 Å². The van der Waals surface area contributed by atoms with Gasteiger partial charge in [0, 0.05) is 7.05 Å². The summed E-state index contributed by atoms with van der Waals surface area (Å²) >= 11 is 0. The van der Waals surface area contributed by atoms with Crippen molar-refractivity contribution in [3.8, 4) is 23.3 Å². The Labute approximate surface area is 189 Å². The van der Waals surface area contributed by atoms with Gasteiger partial charge in [-0.2, -0.15) is 5.26 Å². The predicted octanol–water partition coefficient (Wildman–Crippen LogP) is 2.59. The molecule has 2 aromatic carbocycles. The summed E-state index contributed by atoms with van der Waals surface area (Å²) in [5, 5.41) is 13.4. The Kier molecular flexibility index (Phi) is 5.67. The maximum atomic E-state index is 13.0. The molecule has 0 bridgehead atoms. The number of aromatic amines is 1. The van der Waals surface area contributed by atoms with E-state index in [-0.39, 0.29) is 5.56 Å². The van der Waals surface area contributed by atoms with E-state index in [4.69, 9.17) is 14.2 Å². The number of hydrogen-bond donors (Lipinski definition) is 2. The second kappa shape index (κ2) is 8.59. The first kappa shape index (κ1) is 21.8. The lowest BCUT2D eigenvalue weighted by Gasteiger charge is -2.30. The Balaban J connectivity index is 2.11. The molecule has 1 aliphatic heterocycles. The normalized spacial score (nSPS) is 14.7. The minimum absolute atomic E-state index is 0.239. The van der Waals surface area contributed by atoms with E-state index in [1.165, 1.54) is 25.9 Å². The van der Waals surface area contributed by atoms with Crippen molar-refractivity contribution >= 4 is 11.5 Å². The van der Waals surface area contributed by atoms with Crippen molar-refractivity contribution in [3.05, 3.63) is 85.6 Å². The molecular formula is C24H22N4O5. The van der Waals surface area contributed by atoms with Crippen molar-refractivity contribution in [2.75, 3.05) is 26.6 Å². The van der Waals surface area contributed by atoms with E-state index in [0.29, 0.717) is 39.9 Å². The van der Waals surface area contributed by atoms with Gasteiger partial charge >= 0.3 is 5.69 Å². The van der Waals surface area contributed by atoms with Crippen molar-refractivity contribution < 1.29 is 14.2 Å². The van der Waals surface area contributed by atoms with Crippen LogP contribution in [0.3, 0.4) is 0 Å². The van der Waals surface area contributed by atoms with Gasteiger partial charge in [0.25, 0.3) is 5.56 Å². The minimum atomic E-state index is -0.800. The van der Waals surface area contributed by atoms with Gasteiger partial charge in [-0.05, 0) is 23.3 Å². The second-order valence-electron chi connectivity index (χ2n) is 7.36. The number of rotatable bonds is 5. The molecule has 0 spiro atoms. The van der Waals surface area contributed by atoms with E-state index in [2.05, 4.69) is 16.4 Å². The molecule has 4 rings (SSSR count). The monoisotopic (exact) mass is 446 g/mol. The quantitative estimate of drug-likeness (QED) is 0.618. The van der Waals surface area contributed by atoms with Crippen LogP contribution < -0.4 is 30.8 Å². The van der Waals surface area contributed by atoms with Crippen molar-refractivity contribution in [3.63, 3.8) is 0 Å². The summed E-state index contributed by atoms with van der Waals surface area (Å²) in [5.41, 5.74) is 1.22. The largest absolute Gasteiger partial charge is 0.493 e. The van der Waals surface area contributed by atoms with Gasteiger partial charge in [0.05, 0.1) is 50.2 Å². The SMILES string of the molecule is COc1cc(C2C(C#N)=C(c3ccccc3)Nc3c2c(=O)[nH]c(=O)n3C)cc(OC)c1OC. The number of anilines is 1. The molecule has 0 fully saturated rings. The van der Waals surface area contributed by atoms with E-state index in [0.717, 1.165) is 5.56 Å². The number of benzene rings is 2. The zero-order chi connectivity index (χ0) is 23.7. The van der Waals surface area contributed by atoms with E-state index in [9.17, 15) is 14.9 Å². The third kappa shape index (κ3) is 3.51. The van der Waals surface area contributed by atoms with Crippen LogP contribution in [-0.2, 0) is 7.05 Å². The van der Waals surface area contributed by atoms with Gasteiger partial charge in [-0.25, -0.2) is 4.79 Å². The van der Waals surface area contributed by atoms with E-state index in [1.807, 2.05) is 30.3 Å². The summed E-state index contributed by atoms with van der Waals surface area (Å²) in [6.45, 7) is 0. The Hall–Kier alpha value is -4.45. The smallest absolute Gasteiger partial charge is 0.329 e. The minimum Gasteiger partial charge on any atom is -0.493 e. The summed E-state index contributed by atoms with van der Waals surface area (Å²) < 4.78 is 17.7. The van der Waals surface area contributed by atoms with Crippen molar-refractivity contribution in [1.82, 2.24) is 9.55 Å². The molecule has 9 nitrogen and oxygen atoms in total. The van der Waals surface area contributed by atoms with Crippen LogP contribution in [0.2, 0.25) is 0 Å². The van der Waals surface area contributed by atoms with Crippen LogP contribution >= 0.6 is 0 Å². The average molecular weight is 446 g/mol. The van der Waals surface area contributed by atoms with Gasteiger partial charge in [-0.1, -0.05) is 30.3 Å². The lowest BCUT2D eigenvalue weighted by molar-refractivity contribution is 0.323. The molecular weight excluding hydrogens is 424 g/mol. The first-order valence-corrected chi connectivity index (χ1v) is 10.0. The van der Waals surface area contributed by atoms with Crippen LogP contribution in [0, 0.1) is 11.3 Å². The summed E-state index contributed by atoms with van der Waals surface area (Å²) in [6, 6.07) is 14.9. The fourth-order valence-corrected chi connectivity index (χ4v) is 4.09. The Morgan fingerprint density at radius 2 is 1.64 bits per heavy atom. The molecule has 0 saturated heterocycles. The number of H-pyrrole nitrogens is 1. The number of hydrogen-bond acceptors (Lipinski definition) is 7. The Morgan fingerprint density at radius 3 is 2.18 bits per heavy atom. The molecule has 33 heavy (non-hydrogen) atoms. The summed E-state index contributed by atoms with van der Waals surface area (Å²) in [7, 11) is 6.03. The summed E-state index contributed by atoms with van der Waals surface area (Å²) in [5.74, 6) is 0.655. The zero-order valence-electron chi connectivity index (χ0n) is 18.6. The maximum Gasteiger partial charge on any atom is 0.329 e. The molecule has 1 aliphatic rings. The van der Waals surface area contributed by atoms with Gasteiger partial charge in [0.15, 0.2) is 11.5 Å².